The van der Waals surface area contributed by atoms with E-state index in [1.54, 1.807) is 24.3 Å². The average Bonchev–Trinajstić information content (AvgIpc) is 2.76. The minimum atomic E-state index is -3.45. The van der Waals surface area contributed by atoms with Crippen LogP contribution in [0, 0.1) is 24.2 Å². The maximum absolute atomic E-state index is 12.1. The predicted octanol–water partition coefficient (Wildman–Crippen LogP) is 1.97. The largest absolute Gasteiger partial charge is 0.240 e. The number of nitrogens with zero attached hydrogens (tertiary/aromatic N) is 1. The summed E-state index contributed by atoms with van der Waals surface area (Å²) >= 11 is 0. The SMILES string of the molecule is Cc1ccc(S(=O)(=O)N[C@@H]2CC[C@@H](C#N)C2)cc1. The van der Waals surface area contributed by atoms with Crippen molar-refractivity contribution >= 4 is 10.0 Å². The van der Waals surface area contributed by atoms with Gasteiger partial charge < -0.3 is 0 Å². The summed E-state index contributed by atoms with van der Waals surface area (Å²) < 4.78 is 26.9. The quantitative estimate of drug-likeness (QED) is 0.907. The Hall–Kier alpha value is -1.38. The number of sulfonamides is 1. The third-order valence-corrected chi connectivity index (χ3v) is 4.80. The molecule has 5 heteroatoms. The van der Waals surface area contributed by atoms with E-state index in [9.17, 15) is 8.42 Å². The molecule has 1 aromatic carbocycles. The number of nitriles is 1. The van der Waals surface area contributed by atoms with Crippen molar-refractivity contribution in [3.05, 3.63) is 29.8 Å². The van der Waals surface area contributed by atoms with Gasteiger partial charge in [0.1, 0.15) is 0 Å². The van der Waals surface area contributed by atoms with Crippen LogP contribution in [0.4, 0.5) is 0 Å². The van der Waals surface area contributed by atoms with Crippen molar-refractivity contribution in [2.45, 2.75) is 37.1 Å². The Balaban J connectivity index is 2.09. The molecule has 0 aromatic heterocycles. The lowest BCUT2D eigenvalue weighted by Crippen LogP contribution is -2.32. The first-order chi connectivity index (χ1) is 8.51. The van der Waals surface area contributed by atoms with Crippen molar-refractivity contribution in [2.75, 3.05) is 0 Å². The van der Waals surface area contributed by atoms with Gasteiger partial charge in [0.05, 0.1) is 11.0 Å². The zero-order valence-corrected chi connectivity index (χ0v) is 11.1. The van der Waals surface area contributed by atoms with Crippen LogP contribution in [0.3, 0.4) is 0 Å². The van der Waals surface area contributed by atoms with E-state index in [1.807, 2.05) is 6.92 Å². The van der Waals surface area contributed by atoms with Crippen LogP contribution in [-0.2, 0) is 10.0 Å². The van der Waals surface area contributed by atoms with E-state index in [0.29, 0.717) is 6.42 Å². The van der Waals surface area contributed by atoms with Gasteiger partial charge >= 0.3 is 0 Å². The third kappa shape index (κ3) is 2.89. The topological polar surface area (TPSA) is 70.0 Å². The Morgan fingerprint density at radius 1 is 1.28 bits per heavy atom. The molecule has 0 radical (unpaired) electrons. The van der Waals surface area contributed by atoms with Crippen LogP contribution >= 0.6 is 0 Å². The van der Waals surface area contributed by atoms with E-state index in [-0.39, 0.29) is 16.9 Å². The first kappa shape index (κ1) is 13.1. The summed E-state index contributed by atoms with van der Waals surface area (Å²) in [5, 5.41) is 8.80. The number of hydrogen-bond acceptors (Lipinski definition) is 3. The number of aryl methyl sites for hydroxylation is 1. The van der Waals surface area contributed by atoms with E-state index in [0.717, 1.165) is 18.4 Å². The van der Waals surface area contributed by atoms with Crippen molar-refractivity contribution < 1.29 is 8.42 Å². The van der Waals surface area contributed by atoms with Gasteiger partial charge in [0.25, 0.3) is 0 Å². The van der Waals surface area contributed by atoms with Gasteiger partial charge in [0.15, 0.2) is 0 Å². The van der Waals surface area contributed by atoms with Crippen molar-refractivity contribution in [1.29, 1.82) is 5.26 Å². The van der Waals surface area contributed by atoms with Gasteiger partial charge in [-0.25, -0.2) is 13.1 Å². The molecular weight excluding hydrogens is 248 g/mol. The van der Waals surface area contributed by atoms with Crippen molar-refractivity contribution in [2.24, 2.45) is 5.92 Å². The minimum absolute atomic E-state index is 0.0179. The molecule has 0 aliphatic heterocycles. The lowest BCUT2D eigenvalue weighted by Gasteiger charge is -2.12. The molecule has 1 saturated carbocycles. The summed E-state index contributed by atoms with van der Waals surface area (Å²) in [4.78, 5) is 0.286. The molecule has 1 aliphatic rings. The molecule has 0 spiro atoms. The van der Waals surface area contributed by atoms with Crippen LogP contribution < -0.4 is 4.72 Å². The number of nitrogens with one attached hydrogen (secondary N) is 1. The highest BCUT2D eigenvalue weighted by atomic mass is 32.2. The summed E-state index contributed by atoms with van der Waals surface area (Å²) in [6.07, 6.45) is 2.13. The zero-order valence-electron chi connectivity index (χ0n) is 10.3. The Labute approximate surface area is 108 Å². The molecule has 4 nitrogen and oxygen atoms in total. The molecule has 96 valence electrons. The molecule has 0 heterocycles. The summed E-state index contributed by atoms with van der Waals surface area (Å²) in [6, 6.07) is 8.85. The summed E-state index contributed by atoms with van der Waals surface area (Å²) in [7, 11) is -3.45. The maximum atomic E-state index is 12.1. The Kier molecular flexibility index (Phi) is 3.69. The van der Waals surface area contributed by atoms with Gasteiger partial charge in [-0.2, -0.15) is 5.26 Å². The molecule has 1 aliphatic carbocycles. The summed E-state index contributed by atoms with van der Waals surface area (Å²) in [5.74, 6) is -0.0179. The van der Waals surface area contributed by atoms with Gasteiger partial charge in [-0.1, -0.05) is 17.7 Å². The van der Waals surface area contributed by atoms with Gasteiger partial charge in [-0.15, -0.1) is 0 Å². The highest BCUT2D eigenvalue weighted by molar-refractivity contribution is 7.89. The standard InChI is InChI=1S/C13H16N2O2S/c1-10-2-6-13(7-3-10)18(16,17)15-12-5-4-11(8-12)9-14/h2-3,6-7,11-12,15H,4-5,8H2,1H3/t11-,12-/m1/s1. The second-order valence-electron chi connectivity index (χ2n) is 4.77. The lowest BCUT2D eigenvalue weighted by atomic mass is 10.1. The molecule has 2 rings (SSSR count). The van der Waals surface area contributed by atoms with Crippen LogP contribution in [0.5, 0.6) is 0 Å². The molecule has 0 saturated heterocycles. The van der Waals surface area contributed by atoms with E-state index in [2.05, 4.69) is 10.8 Å². The maximum Gasteiger partial charge on any atom is 0.240 e. The smallest absolute Gasteiger partial charge is 0.208 e. The number of rotatable bonds is 3. The molecule has 2 atom stereocenters. The predicted molar refractivity (Wildman–Crippen MR) is 68.2 cm³/mol. The molecule has 0 bridgehead atoms. The fourth-order valence-electron chi connectivity index (χ4n) is 2.21. The van der Waals surface area contributed by atoms with Crippen LogP contribution in [0.1, 0.15) is 24.8 Å². The van der Waals surface area contributed by atoms with Crippen molar-refractivity contribution in [3.8, 4) is 6.07 Å². The fraction of sp³-hybridized carbons (Fsp3) is 0.462. The highest BCUT2D eigenvalue weighted by Crippen LogP contribution is 2.26. The average molecular weight is 264 g/mol. The molecule has 18 heavy (non-hydrogen) atoms. The fourth-order valence-corrected chi connectivity index (χ4v) is 3.49. The van der Waals surface area contributed by atoms with Crippen LogP contribution in [0.25, 0.3) is 0 Å². The van der Waals surface area contributed by atoms with E-state index < -0.39 is 10.0 Å². The monoisotopic (exact) mass is 264 g/mol. The van der Waals surface area contributed by atoms with Crippen LogP contribution in [0.2, 0.25) is 0 Å². The van der Waals surface area contributed by atoms with E-state index >= 15 is 0 Å². The van der Waals surface area contributed by atoms with E-state index in [1.165, 1.54) is 0 Å². The Bertz CT molecular complexity index is 558. The second-order valence-corrected chi connectivity index (χ2v) is 6.48. The lowest BCUT2D eigenvalue weighted by molar-refractivity contribution is 0.547. The summed E-state index contributed by atoms with van der Waals surface area (Å²) in [6.45, 7) is 1.91. The molecule has 0 unspecified atom stereocenters. The van der Waals surface area contributed by atoms with Gasteiger partial charge in [0, 0.05) is 12.0 Å². The van der Waals surface area contributed by atoms with Crippen LogP contribution in [-0.4, -0.2) is 14.5 Å². The Morgan fingerprint density at radius 2 is 1.94 bits per heavy atom. The second kappa shape index (κ2) is 5.09. The Morgan fingerprint density at radius 3 is 2.50 bits per heavy atom. The zero-order chi connectivity index (χ0) is 13.2. The normalized spacial score (nSPS) is 23.8. The first-order valence-corrected chi connectivity index (χ1v) is 7.48. The molecule has 0 amide bonds. The molecular formula is C13H16N2O2S. The minimum Gasteiger partial charge on any atom is -0.208 e. The van der Waals surface area contributed by atoms with Gasteiger partial charge in [-0.3, -0.25) is 0 Å². The molecule has 1 fully saturated rings. The van der Waals surface area contributed by atoms with Gasteiger partial charge in [-0.05, 0) is 38.3 Å². The highest BCUT2D eigenvalue weighted by Gasteiger charge is 2.28. The third-order valence-electron chi connectivity index (χ3n) is 3.27. The first-order valence-electron chi connectivity index (χ1n) is 6.00. The summed E-state index contributed by atoms with van der Waals surface area (Å²) in [5.41, 5.74) is 1.03. The van der Waals surface area contributed by atoms with Gasteiger partial charge in [0.2, 0.25) is 10.0 Å². The molecule has 1 N–H and O–H groups in total. The molecule has 1 aromatic rings. The van der Waals surface area contributed by atoms with Crippen molar-refractivity contribution in [3.63, 3.8) is 0 Å². The van der Waals surface area contributed by atoms with Crippen molar-refractivity contribution in [1.82, 2.24) is 4.72 Å². The number of benzene rings is 1. The number of hydrogen-bond donors (Lipinski definition) is 1. The van der Waals surface area contributed by atoms with Crippen LogP contribution in [0.15, 0.2) is 29.2 Å². The van der Waals surface area contributed by atoms with E-state index in [4.69, 9.17) is 5.26 Å².